The lowest BCUT2D eigenvalue weighted by molar-refractivity contribution is 0.102. The number of ketones is 1. The van der Waals surface area contributed by atoms with Crippen LogP contribution in [0.15, 0.2) is 24.3 Å². The van der Waals surface area contributed by atoms with Gasteiger partial charge in [0.05, 0.1) is 5.75 Å². The maximum Gasteiger partial charge on any atom is 0.172 e. The summed E-state index contributed by atoms with van der Waals surface area (Å²) in [5.74, 6) is 2.34. The summed E-state index contributed by atoms with van der Waals surface area (Å²) >= 11 is 7.49. The second-order valence-electron chi connectivity index (χ2n) is 3.84. The Labute approximate surface area is 100 Å². The minimum Gasteiger partial charge on any atom is -0.293 e. The lowest BCUT2D eigenvalue weighted by Crippen LogP contribution is -2.04. The highest BCUT2D eigenvalue weighted by Gasteiger charge is 2.06. The van der Waals surface area contributed by atoms with E-state index in [-0.39, 0.29) is 5.78 Å². The highest BCUT2D eigenvalue weighted by Crippen LogP contribution is 2.14. The number of rotatable bonds is 5. The van der Waals surface area contributed by atoms with E-state index in [0.717, 1.165) is 5.75 Å². The van der Waals surface area contributed by atoms with E-state index in [1.807, 2.05) is 12.1 Å². The van der Waals surface area contributed by atoms with Gasteiger partial charge in [-0.15, -0.1) is 0 Å². The van der Waals surface area contributed by atoms with Crippen molar-refractivity contribution in [3.05, 3.63) is 34.9 Å². The molecule has 0 aliphatic carbocycles. The van der Waals surface area contributed by atoms with Crippen molar-refractivity contribution in [3.8, 4) is 0 Å². The normalized spacial score (nSPS) is 10.7. The number of benzene rings is 1. The zero-order chi connectivity index (χ0) is 11.3. The van der Waals surface area contributed by atoms with Gasteiger partial charge in [0.1, 0.15) is 0 Å². The van der Waals surface area contributed by atoms with Crippen molar-refractivity contribution in [2.24, 2.45) is 5.92 Å². The van der Waals surface area contributed by atoms with Gasteiger partial charge in [0.2, 0.25) is 0 Å². The first kappa shape index (κ1) is 12.6. The summed E-state index contributed by atoms with van der Waals surface area (Å²) in [4.78, 5) is 11.7. The lowest BCUT2D eigenvalue weighted by Gasteiger charge is -2.04. The van der Waals surface area contributed by atoms with E-state index in [4.69, 9.17) is 11.6 Å². The van der Waals surface area contributed by atoms with E-state index in [1.165, 1.54) is 0 Å². The molecule has 1 aromatic rings. The summed E-state index contributed by atoms with van der Waals surface area (Å²) < 4.78 is 0. The molecule has 82 valence electrons. The van der Waals surface area contributed by atoms with Crippen LogP contribution >= 0.6 is 23.4 Å². The molecule has 0 aliphatic heterocycles. The van der Waals surface area contributed by atoms with Crippen molar-refractivity contribution < 1.29 is 4.79 Å². The number of carbonyl (C=O) groups is 1. The average molecular weight is 243 g/mol. The van der Waals surface area contributed by atoms with Crippen molar-refractivity contribution in [2.45, 2.75) is 13.8 Å². The molecule has 0 aromatic heterocycles. The van der Waals surface area contributed by atoms with E-state index in [9.17, 15) is 4.79 Å². The summed E-state index contributed by atoms with van der Waals surface area (Å²) in [7, 11) is 0. The molecule has 3 heteroatoms. The van der Waals surface area contributed by atoms with Gasteiger partial charge >= 0.3 is 0 Å². The molecule has 0 spiro atoms. The number of thioether (sulfide) groups is 1. The van der Waals surface area contributed by atoms with Crippen LogP contribution in [-0.4, -0.2) is 17.3 Å². The molecule has 0 fully saturated rings. The Hall–Kier alpha value is -0.470. The first-order valence-corrected chi connectivity index (χ1v) is 6.49. The maximum atomic E-state index is 11.7. The van der Waals surface area contributed by atoms with Gasteiger partial charge in [0.25, 0.3) is 0 Å². The van der Waals surface area contributed by atoms with Gasteiger partial charge in [-0.2, -0.15) is 11.8 Å². The predicted molar refractivity (Wildman–Crippen MR) is 67.9 cm³/mol. The van der Waals surface area contributed by atoms with E-state index in [0.29, 0.717) is 22.3 Å². The zero-order valence-corrected chi connectivity index (χ0v) is 10.6. The van der Waals surface area contributed by atoms with Gasteiger partial charge in [-0.25, -0.2) is 0 Å². The van der Waals surface area contributed by atoms with Gasteiger partial charge < -0.3 is 0 Å². The molecule has 1 rings (SSSR count). The topological polar surface area (TPSA) is 17.1 Å². The largest absolute Gasteiger partial charge is 0.293 e. The van der Waals surface area contributed by atoms with Crippen LogP contribution < -0.4 is 0 Å². The van der Waals surface area contributed by atoms with Crippen LogP contribution in [0.3, 0.4) is 0 Å². The Kier molecular flexibility index (Phi) is 5.20. The molecule has 1 nitrogen and oxygen atoms in total. The Bertz CT molecular complexity index is 336. The summed E-state index contributed by atoms with van der Waals surface area (Å²) in [6, 6.07) is 7.12. The van der Waals surface area contributed by atoms with Crippen LogP contribution in [-0.2, 0) is 0 Å². The smallest absolute Gasteiger partial charge is 0.172 e. The van der Waals surface area contributed by atoms with E-state index < -0.39 is 0 Å². The fourth-order valence-electron chi connectivity index (χ4n) is 1.13. The Morgan fingerprint density at radius 2 is 2.20 bits per heavy atom. The number of Topliss-reactive ketones (excluding diaryl/α,β-unsaturated/α-hetero) is 1. The summed E-state index contributed by atoms with van der Waals surface area (Å²) in [6.45, 7) is 4.30. The standard InChI is InChI=1S/C12H15ClOS/c1-9(2)7-15-8-12(14)10-4-3-5-11(13)6-10/h3-6,9H,7-8H2,1-2H3. The molecule has 0 N–H and O–H groups in total. The number of halogens is 1. The van der Waals surface area contributed by atoms with Crippen LogP contribution in [0.5, 0.6) is 0 Å². The van der Waals surface area contributed by atoms with E-state index in [2.05, 4.69) is 13.8 Å². The van der Waals surface area contributed by atoms with Crippen molar-refractivity contribution in [1.29, 1.82) is 0 Å². The fourth-order valence-corrected chi connectivity index (χ4v) is 2.26. The minimum absolute atomic E-state index is 0.156. The van der Waals surface area contributed by atoms with E-state index >= 15 is 0 Å². The monoisotopic (exact) mass is 242 g/mol. The third-order valence-corrected chi connectivity index (χ3v) is 3.43. The quantitative estimate of drug-likeness (QED) is 0.729. The minimum atomic E-state index is 0.156. The molecule has 0 amide bonds. The van der Waals surface area contributed by atoms with Crippen molar-refractivity contribution in [3.63, 3.8) is 0 Å². The first-order chi connectivity index (χ1) is 7.09. The third kappa shape index (κ3) is 4.72. The lowest BCUT2D eigenvalue weighted by atomic mass is 10.1. The molecule has 0 aliphatic rings. The second-order valence-corrected chi connectivity index (χ2v) is 5.31. The number of hydrogen-bond donors (Lipinski definition) is 0. The summed E-state index contributed by atoms with van der Waals surface area (Å²) in [6.07, 6.45) is 0. The Balaban J connectivity index is 2.47. The van der Waals surface area contributed by atoms with Crippen LogP contribution in [0.1, 0.15) is 24.2 Å². The van der Waals surface area contributed by atoms with Crippen LogP contribution in [0.2, 0.25) is 5.02 Å². The van der Waals surface area contributed by atoms with Gasteiger partial charge in [-0.1, -0.05) is 37.6 Å². The van der Waals surface area contributed by atoms with Crippen molar-refractivity contribution >= 4 is 29.1 Å². The first-order valence-electron chi connectivity index (χ1n) is 4.96. The third-order valence-electron chi connectivity index (χ3n) is 1.83. The van der Waals surface area contributed by atoms with Crippen LogP contribution in [0.25, 0.3) is 0 Å². The molecule has 15 heavy (non-hydrogen) atoms. The van der Waals surface area contributed by atoms with Gasteiger partial charge in [0, 0.05) is 10.6 Å². The molecule has 0 unspecified atom stereocenters. The number of hydrogen-bond acceptors (Lipinski definition) is 2. The van der Waals surface area contributed by atoms with E-state index in [1.54, 1.807) is 23.9 Å². The van der Waals surface area contributed by atoms with Crippen molar-refractivity contribution in [1.82, 2.24) is 0 Å². The fraction of sp³-hybridized carbons (Fsp3) is 0.417. The predicted octanol–water partition coefficient (Wildman–Crippen LogP) is 3.91. The second kappa shape index (κ2) is 6.19. The number of carbonyl (C=O) groups excluding carboxylic acids is 1. The Morgan fingerprint density at radius 1 is 1.47 bits per heavy atom. The molecule has 0 atom stereocenters. The zero-order valence-electron chi connectivity index (χ0n) is 9.00. The molecule has 0 saturated carbocycles. The SMILES string of the molecule is CC(C)CSCC(=O)c1cccc(Cl)c1. The van der Waals surface area contributed by atoms with Gasteiger partial charge in [-0.3, -0.25) is 4.79 Å². The highest BCUT2D eigenvalue weighted by molar-refractivity contribution is 7.99. The van der Waals surface area contributed by atoms with Crippen molar-refractivity contribution in [2.75, 3.05) is 11.5 Å². The highest BCUT2D eigenvalue weighted by atomic mass is 35.5. The molecule has 0 heterocycles. The Morgan fingerprint density at radius 3 is 2.80 bits per heavy atom. The van der Waals surface area contributed by atoms with Gasteiger partial charge in [0.15, 0.2) is 5.78 Å². The van der Waals surface area contributed by atoms with Gasteiger partial charge in [-0.05, 0) is 23.8 Å². The molecule has 0 radical (unpaired) electrons. The van der Waals surface area contributed by atoms with Crippen LogP contribution in [0, 0.1) is 5.92 Å². The van der Waals surface area contributed by atoms with Crippen LogP contribution in [0.4, 0.5) is 0 Å². The molecule has 0 saturated heterocycles. The summed E-state index contributed by atoms with van der Waals surface area (Å²) in [5, 5.41) is 0.620. The summed E-state index contributed by atoms with van der Waals surface area (Å²) in [5.41, 5.74) is 0.707. The molecular formula is C12H15ClOS. The molecule has 0 bridgehead atoms. The maximum absolute atomic E-state index is 11.7. The average Bonchev–Trinajstić information content (AvgIpc) is 2.17. The molecule has 1 aromatic carbocycles. The molecular weight excluding hydrogens is 228 g/mol.